The van der Waals surface area contributed by atoms with Gasteiger partial charge in [-0.3, -0.25) is 9.59 Å². The lowest BCUT2D eigenvalue weighted by Crippen LogP contribution is -2.48. The quantitative estimate of drug-likeness (QED) is 0.553. The topological polar surface area (TPSA) is 86.3 Å². The standard InChI is InChI=1S/C25H32N2O6/c1-6-12-27-22(16-14-19(31-3)23(33-5)20(15-16)32-4)21(24(28)26-11-13-30-2)17-9-7-8-10-18(17)25(27)29/h7-10,14-15,21-22H,6,11-13H2,1-5H3,(H,26,28)/t21-,22-/m1/s1. The van der Waals surface area contributed by atoms with Gasteiger partial charge < -0.3 is 29.2 Å². The second-order valence-electron chi connectivity index (χ2n) is 7.75. The molecule has 1 aliphatic heterocycles. The summed E-state index contributed by atoms with van der Waals surface area (Å²) in [6, 6.07) is 10.4. The van der Waals surface area contributed by atoms with Crippen molar-refractivity contribution in [3.63, 3.8) is 0 Å². The zero-order valence-electron chi connectivity index (χ0n) is 19.8. The molecule has 8 heteroatoms. The summed E-state index contributed by atoms with van der Waals surface area (Å²) in [7, 11) is 6.21. The van der Waals surface area contributed by atoms with E-state index < -0.39 is 12.0 Å². The molecule has 0 radical (unpaired) electrons. The van der Waals surface area contributed by atoms with Gasteiger partial charge in [0.15, 0.2) is 11.5 Å². The fraction of sp³-hybridized carbons (Fsp3) is 0.440. The number of methoxy groups -OCH3 is 4. The van der Waals surface area contributed by atoms with Crippen molar-refractivity contribution in [2.24, 2.45) is 0 Å². The van der Waals surface area contributed by atoms with Gasteiger partial charge in [0, 0.05) is 25.8 Å². The summed E-state index contributed by atoms with van der Waals surface area (Å²) in [5.74, 6) is 0.486. The molecule has 2 aromatic rings. The van der Waals surface area contributed by atoms with Crippen molar-refractivity contribution in [2.45, 2.75) is 25.3 Å². The molecule has 2 atom stereocenters. The highest BCUT2D eigenvalue weighted by molar-refractivity contribution is 6.01. The van der Waals surface area contributed by atoms with Gasteiger partial charge in [0.2, 0.25) is 11.7 Å². The summed E-state index contributed by atoms with van der Waals surface area (Å²) >= 11 is 0. The highest BCUT2D eigenvalue weighted by atomic mass is 16.5. The molecule has 2 amide bonds. The van der Waals surface area contributed by atoms with Gasteiger partial charge in [-0.15, -0.1) is 0 Å². The lowest BCUT2D eigenvalue weighted by Gasteiger charge is -2.42. The van der Waals surface area contributed by atoms with Gasteiger partial charge in [0.25, 0.3) is 5.91 Å². The summed E-state index contributed by atoms with van der Waals surface area (Å²) in [6.07, 6.45) is 0.743. The molecule has 0 spiro atoms. The smallest absolute Gasteiger partial charge is 0.254 e. The van der Waals surface area contributed by atoms with E-state index in [0.29, 0.717) is 48.1 Å². The highest BCUT2D eigenvalue weighted by Crippen LogP contribution is 2.47. The Bertz CT molecular complexity index is 968. The van der Waals surface area contributed by atoms with Crippen LogP contribution in [0, 0.1) is 0 Å². The molecule has 1 N–H and O–H groups in total. The largest absolute Gasteiger partial charge is 0.493 e. The van der Waals surface area contributed by atoms with E-state index in [4.69, 9.17) is 18.9 Å². The minimum absolute atomic E-state index is 0.104. The van der Waals surface area contributed by atoms with Crippen LogP contribution in [0.25, 0.3) is 0 Å². The summed E-state index contributed by atoms with van der Waals surface area (Å²) in [5, 5.41) is 2.96. The Labute approximate surface area is 194 Å². The van der Waals surface area contributed by atoms with Crippen molar-refractivity contribution in [3.8, 4) is 17.2 Å². The summed E-state index contributed by atoms with van der Waals surface area (Å²) in [5.41, 5.74) is 1.97. The van der Waals surface area contributed by atoms with Gasteiger partial charge in [-0.05, 0) is 35.7 Å². The van der Waals surface area contributed by atoms with Crippen LogP contribution in [0.4, 0.5) is 0 Å². The van der Waals surface area contributed by atoms with Crippen LogP contribution in [-0.2, 0) is 9.53 Å². The van der Waals surface area contributed by atoms with Gasteiger partial charge in [-0.25, -0.2) is 0 Å². The van der Waals surface area contributed by atoms with Crippen molar-refractivity contribution in [1.29, 1.82) is 0 Å². The minimum Gasteiger partial charge on any atom is -0.493 e. The maximum absolute atomic E-state index is 13.5. The van der Waals surface area contributed by atoms with Gasteiger partial charge >= 0.3 is 0 Å². The van der Waals surface area contributed by atoms with Crippen LogP contribution in [0.3, 0.4) is 0 Å². The lowest BCUT2D eigenvalue weighted by molar-refractivity contribution is -0.124. The average molecular weight is 457 g/mol. The molecule has 0 saturated carbocycles. The third-order valence-electron chi connectivity index (χ3n) is 5.82. The number of hydrogen-bond acceptors (Lipinski definition) is 6. The van der Waals surface area contributed by atoms with E-state index in [0.717, 1.165) is 12.0 Å². The van der Waals surface area contributed by atoms with Crippen molar-refractivity contribution in [2.75, 3.05) is 48.1 Å². The number of rotatable bonds is 10. The Morgan fingerprint density at radius 1 is 1.03 bits per heavy atom. The van der Waals surface area contributed by atoms with E-state index in [1.165, 1.54) is 7.11 Å². The zero-order chi connectivity index (χ0) is 24.0. The molecule has 0 saturated heterocycles. The number of amides is 2. The van der Waals surface area contributed by atoms with Crippen molar-refractivity contribution in [1.82, 2.24) is 10.2 Å². The van der Waals surface area contributed by atoms with Gasteiger partial charge in [-0.1, -0.05) is 25.1 Å². The van der Waals surface area contributed by atoms with Crippen LogP contribution < -0.4 is 19.5 Å². The molecule has 0 aliphatic carbocycles. The highest BCUT2D eigenvalue weighted by Gasteiger charge is 2.44. The van der Waals surface area contributed by atoms with Gasteiger partial charge in [-0.2, -0.15) is 0 Å². The number of fused-ring (bicyclic) bond motifs is 1. The van der Waals surface area contributed by atoms with Crippen LogP contribution in [0.15, 0.2) is 36.4 Å². The Kier molecular flexibility index (Phi) is 8.16. The van der Waals surface area contributed by atoms with Crippen LogP contribution >= 0.6 is 0 Å². The molecule has 0 fully saturated rings. The first-order chi connectivity index (χ1) is 16.0. The molecule has 33 heavy (non-hydrogen) atoms. The molecule has 3 rings (SSSR count). The second kappa shape index (κ2) is 11.0. The molecular weight excluding hydrogens is 424 g/mol. The molecule has 1 aliphatic rings. The van der Waals surface area contributed by atoms with E-state index in [1.54, 1.807) is 32.3 Å². The summed E-state index contributed by atoms with van der Waals surface area (Å²) < 4.78 is 21.7. The summed E-state index contributed by atoms with van der Waals surface area (Å²) in [4.78, 5) is 28.8. The van der Waals surface area contributed by atoms with Gasteiger partial charge in [0.05, 0.1) is 39.9 Å². The molecule has 0 bridgehead atoms. The Morgan fingerprint density at radius 2 is 1.70 bits per heavy atom. The number of nitrogens with one attached hydrogen (secondary N) is 1. The van der Waals surface area contributed by atoms with E-state index in [1.807, 2.05) is 37.3 Å². The molecular formula is C25H32N2O6. The number of hydrogen-bond donors (Lipinski definition) is 1. The predicted octanol–water partition coefficient (Wildman–Crippen LogP) is 3.17. The molecule has 8 nitrogen and oxygen atoms in total. The third-order valence-corrected chi connectivity index (χ3v) is 5.82. The maximum atomic E-state index is 13.5. The van der Waals surface area contributed by atoms with Crippen LogP contribution in [0.2, 0.25) is 0 Å². The first-order valence-corrected chi connectivity index (χ1v) is 11.0. The molecule has 2 aromatic carbocycles. The van der Waals surface area contributed by atoms with E-state index >= 15 is 0 Å². The normalized spacial score (nSPS) is 17.4. The number of benzene rings is 2. The molecule has 1 heterocycles. The Morgan fingerprint density at radius 3 is 2.27 bits per heavy atom. The van der Waals surface area contributed by atoms with E-state index in [-0.39, 0.29) is 11.8 Å². The number of carbonyl (C=O) groups is 2. The Balaban J connectivity index is 2.21. The first kappa shape index (κ1) is 24.4. The minimum atomic E-state index is -0.620. The fourth-order valence-electron chi connectivity index (χ4n) is 4.39. The molecule has 178 valence electrons. The van der Waals surface area contributed by atoms with Gasteiger partial charge in [0.1, 0.15) is 0 Å². The summed E-state index contributed by atoms with van der Waals surface area (Å²) in [6.45, 7) is 3.27. The van der Waals surface area contributed by atoms with E-state index in [2.05, 4.69) is 5.32 Å². The predicted molar refractivity (Wildman–Crippen MR) is 124 cm³/mol. The van der Waals surface area contributed by atoms with Crippen LogP contribution in [0.1, 0.15) is 46.8 Å². The maximum Gasteiger partial charge on any atom is 0.254 e. The number of ether oxygens (including phenoxy) is 4. The number of carbonyl (C=O) groups excluding carboxylic acids is 2. The lowest BCUT2D eigenvalue weighted by atomic mass is 9.79. The van der Waals surface area contributed by atoms with Crippen molar-refractivity contribution in [3.05, 3.63) is 53.1 Å². The fourth-order valence-corrected chi connectivity index (χ4v) is 4.39. The first-order valence-electron chi connectivity index (χ1n) is 11.0. The zero-order valence-corrected chi connectivity index (χ0v) is 19.8. The SMILES string of the molecule is CCCN1C(=O)c2ccccc2[C@@H](C(=O)NCCOC)[C@H]1c1cc(OC)c(OC)c(OC)c1. The van der Waals surface area contributed by atoms with Crippen LogP contribution in [0.5, 0.6) is 17.2 Å². The molecule has 0 unspecified atom stereocenters. The monoisotopic (exact) mass is 456 g/mol. The third kappa shape index (κ3) is 4.75. The van der Waals surface area contributed by atoms with E-state index in [9.17, 15) is 9.59 Å². The second-order valence-corrected chi connectivity index (χ2v) is 7.75. The van der Waals surface area contributed by atoms with Crippen molar-refractivity contribution >= 4 is 11.8 Å². The average Bonchev–Trinajstić information content (AvgIpc) is 2.84. The number of nitrogens with zero attached hydrogens (tertiary/aromatic N) is 1. The Hall–Kier alpha value is -3.26. The van der Waals surface area contributed by atoms with Crippen molar-refractivity contribution < 1.29 is 28.5 Å². The van der Waals surface area contributed by atoms with Crippen LogP contribution in [-0.4, -0.2) is 64.8 Å². The molecule has 0 aromatic heterocycles.